The first-order chi connectivity index (χ1) is 18.7. The van der Waals surface area contributed by atoms with Gasteiger partial charge in [0.25, 0.3) is 0 Å². The number of nitrogens with zero attached hydrogens (tertiary/aromatic N) is 5. The van der Waals surface area contributed by atoms with Gasteiger partial charge in [-0.05, 0) is 74.5 Å². The van der Waals surface area contributed by atoms with E-state index in [4.69, 9.17) is 9.97 Å². The molecule has 5 aromatic rings. The highest BCUT2D eigenvalue weighted by atomic mass is 32.2. The number of anilines is 1. The van der Waals surface area contributed by atoms with Crippen LogP contribution < -0.4 is 10.2 Å². The lowest BCUT2D eigenvalue weighted by Gasteiger charge is -2.34. The van der Waals surface area contributed by atoms with Gasteiger partial charge in [0.05, 0.1) is 16.7 Å². The molecule has 8 heteroatoms. The van der Waals surface area contributed by atoms with E-state index in [2.05, 4.69) is 68.7 Å². The highest BCUT2D eigenvalue weighted by molar-refractivity contribution is 7.99. The van der Waals surface area contributed by atoms with Gasteiger partial charge < -0.3 is 15.2 Å². The monoisotopic (exact) mass is 521 g/mol. The molecule has 0 amide bonds. The second-order valence-electron chi connectivity index (χ2n) is 10.4. The Kier molecular flexibility index (Phi) is 6.21. The second kappa shape index (κ2) is 10.0. The van der Waals surface area contributed by atoms with Crippen LogP contribution in [-0.4, -0.2) is 51.1 Å². The molecule has 38 heavy (non-hydrogen) atoms. The van der Waals surface area contributed by atoms with Crippen LogP contribution >= 0.6 is 11.8 Å². The molecule has 1 aromatic carbocycles. The molecule has 1 saturated heterocycles. The molecule has 7 rings (SSSR count). The van der Waals surface area contributed by atoms with Gasteiger partial charge in [-0.2, -0.15) is 0 Å². The van der Waals surface area contributed by atoms with Gasteiger partial charge in [0.1, 0.15) is 11.5 Å². The predicted octanol–water partition coefficient (Wildman–Crippen LogP) is 6.18. The summed E-state index contributed by atoms with van der Waals surface area (Å²) >= 11 is 1.70. The van der Waals surface area contributed by atoms with Crippen molar-refractivity contribution in [1.82, 2.24) is 30.2 Å². The number of hydrogen-bond acceptors (Lipinski definition) is 7. The standard InChI is InChI=1S/C30H31N7S/c1-37(20-10-13-31-14-11-20)30-27-24(19-6-5-7-19)17-32-18-25(27)34-29(36-30)22-12-15-33-28-23(22)16-26(35-28)38-21-8-3-2-4-9-21/h2-4,8-9,12,15-20,31H,5-7,10-11,13-14H2,1H3,(H,33,35). The number of piperidine rings is 1. The number of nitrogens with one attached hydrogen (secondary N) is 2. The molecule has 1 saturated carbocycles. The average molecular weight is 522 g/mol. The van der Waals surface area contributed by atoms with E-state index in [1.807, 2.05) is 24.5 Å². The summed E-state index contributed by atoms with van der Waals surface area (Å²) in [4.78, 5) is 26.8. The SMILES string of the molecule is CN(c1nc(-c2ccnc3[nH]c(Sc4ccccc4)cc23)nc2cncc(C3CCC3)c12)C1CCNCC1. The third-order valence-corrected chi connectivity index (χ3v) is 9.02. The summed E-state index contributed by atoms with van der Waals surface area (Å²) in [6.45, 7) is 2.08. The number of pyridine rings is 2. The summed E-state index contributed by atoms with van der Waals surface area (Å²) < 4.78 is 0. The zero-order valence-electron chi connectivity index (χ0n) is 21.5. The first-order valence-corrected chi connectivity index (χ1v) is 14.4. The summed E-state index contributed by atoms with van der Waals surface area (Å²) in [6, 6.07) is 15.0. The topological polar surface area (TPSA) is 82.6 Å². The molecule has 0 unspecified atom stereocenters. The normalized spacial score (nSPS) is 16.7. The Labute approximate surface area is 226 Å². The van der Waals surface area contributed by atoms with E-state index in [0.717, 1.165) is 64.7 Å². The molecular weight excluding hydrogens is 490 g/mol. The van der Waals surface area contributed by atoms with Gasteiger partial charge in [0, 0.05) is 46.7 Å². The van der Waals surface area contributed by atoms with Crippen molar-refractivity contribution in [3.05, 3.63) is 66.6 Å². The fraction of sp³-hybridized carbons (Fsp3) is 0.333. The van der Waals surface area contributed by atoms with Crippen LogP contribution in [-0.2, 0) is 0 Å². The van der Waals surface area contributed by atoms with E-state index in [-0.39, 0.29) is 0 Å². The van der Waals surface area contributed by atoms with Crippen LogP contribution in [0.25, 0.3) is 33.3 Å². The number of fused-ring (bicyclic) bond motifs is 2. The van der Waals surface area contributed by atoms with E-state index in [1.165, 1.54) is 35.1 Å². The molecular formula is C30H31N7S. The van der Waals surface area contributed by atoms with Crippen LogP contribution in [0.4, 0.5) is 5.82 Å². The average Bonchev–Trinajstić information content (AvgIpc) is 3.35. The summed E-state index contributed by atoms with van der Waals surface area (Å²) in [5.74, 6) is 2.31. The molecule has 0 bridgehead atoms. The van der Waals surface area contributed by atoms with Crippen molar-refractivity contribution in [3.63, 3.8) is 0 Å². The van der Waals surface area contributed by atoms with Crippen LogP contribution in [0.2, 0.25) is 0 Å². The van der Waals surface area contributed by atoms with Gasteiger partial charge >= 0.3 is 0 Å². The molecule has 1 aliphatic heterocycles. The Morgan fingerprint density at radius 1 is 0.974 bits per heavy atom. The summed E-state index contributed by atoms with van der Waals surface area (Å²) in [5.41, 5.74) is 4.06. The van der Waals surface area contributed by atoms with E-state index >= 15 is 0 Å². The van der Waals surface area contributed by atoms with Crippen molar-refractivity contribution in [1.29, 1.82) is 0 Å². The van der Waals surface area contributed by atoms with Gasteiger partial charge in [0.15, 0.2) is 5.82 Å². The van der Waals surface area contributed by atoms with Crippen LogP contribution in [0.3, 0.4) is 0 Å². The first-order valence-electron chi connectivity index (χ1n) is 13.5. The molecule has 0 radical (unpaired) electrons. The van der Waals surface area contributed by atoms with E-state index in [9.17, 15) is 0 Å². The summed E-state index contributed by atoms with van der Waals surface area (Å²) in [7, 11) is 2.21. The zero-order chi connectivity index (χ0) is 25.5. The third-order valence-electron chi connectivity index (χ3n) is 8.07. The van der Waals surface area contributed by atoms with Crippen LogP contribution in [0, 0.1) is 0 Å². The molecule has 1 aliphatic carbocycles. The van der Waals surface area contributed by atoms with Crippen molar-refractivity contribution < 1.29 is 0 Å². The smallest absolute Gasteiger partial charge is 0.163 e. The van der Waals surface area contributed by atoms with Gasteiger partial charge in [0.2, 0.25) is 0 Å². The predicted molar refractivity (Wildman–Crippen MR) is 154 cm³/mol. The van der Waals surface area contributed by atoms with Gasteiger partial charge in [-0.1, -0.05) is 36.4 Å². The molecule has 7 nitrogen and oxygen atoms in total. The van der Waals surface area contributed by atoms with Crippen molar-refractivity contribution >= 4 is 39.5 Å². The lowest BCUT2D eigenvalue weighted by molar-refractivity contribution is 0.421. The largest absolute Gasteiger partial charge is 0.356 e. The highest BCUT2D eigenvalue weighted by Crippen LogP contribution is 2.42. The number of H-pyrrole nitrogens is 1. The number of aromatic amines is 1. The summed E-state index contributed by atoms with van der Waals surface area (Å²) in [5, 5.41) is 6.76. The Balaban J connectivity index is 1.37. The van der Waals surface area contributed by atoms with Crippen LogP contribution in [0.15, 0.2) is 71.0 Å². The molecule has 192 valence electrons. The van der Waals surface area contributed by atoms with Crippen molar-refractivity contribution in [2.24, 2.45) is 0 Å². The number of benzene rings is 1. The second-order valence-corrected chi connectivity index (χ2v) is 11.5. The van der Waals surface area contributed by atoms with Crippen molar-refractivity contribution in [3.8, 4) is 11.4 Å². The van der Waals surface area contributed by atoms with Gasteiger partial charge in [-0.15, -0.1) is 0 Å². The maximum absolute atomic E-state index is 5.31. The maximum Gasteiger partial charge on any atom is 0.163 e. The molecule has 5 heterocycles. The summed E-state index contributed by atoms with van der Waals surface area (Å²) in [6.07, 6.45) is 11.7. The Hall–Kier alpha value is -3.49. The minimum atomic E-state index is 0.447. The Morgan fingerprint density at radius 2 is 1.82 bits per heavy atom. The lowest BCUT2D eigenvalue weighted by Crippen LogP contribution is -2.41. The molecule has 2 N–H and O–H groups in total. The number of rotatable bonds is 6. The Morgan fingerprint density at radius 3 is 2.61 bits per heavy atom. The van der Waals surface area contributed by atoms with Crippen LogP contribution in [0.1, 0.15) is 43.6 Å². The molecule has 0 spiro atoms. The minimum Gasteiger partial charge on any atom is -0.356 e. The highest BCUT2D eigenvalue weighted by Gasteiger charge is 2.28. The molecule has 2 fully saturated rings. The lowest BCUT2D eigenvalue weighted by atomic mass is 9.79. The van der Waals surface area contributed by atoms with Crippen LogP contribution in [0.5, 0.6) is 0 Å². The quantitative estimate of drug-likeness (QED) is 0.276. The fourth-order valence-corrected chi connectivity index (χ4v) is 6.60. The maximum atomic E-state index is 5.31. The fourth-order valence-electron chi connectivity index (χ4n) is 5.73. The zero-order valence-corrected chi connectivity index (χ0v) is 22.3. The molecule has 2 aliphatic rings. The van der Waals surface area contributed by atoms with E-state index < -0.39 is 0 Å². The van der Waals surface area contributed by atoms with E-state index in [1.54, 1.807) is 11.8 Å². The van der Waals surface area contributed by atoms with Gasteiger partial charge in [-0.25, -0.2) is 15.0 Å². The van der Waals surface area contributed by atoms with Crippen molar-refractivity contribution in [2.75, 3.05) is 25.0 Å². The number of aromatic nitrogens is 5. The Bertz CT molecular complexity index is 1590. The minimum absolute atomic E-state index is 0.447. The van der Waals surface area contributed by atoms with Gasteiger partial charge in [-0.3, -0.25) is 4.98 Å². The molecule has 4 aromatic heterocycles. The third kappa shape index (κ3) is 4.31. The molecule has 0 atom stereocenters. The van der Waals surface area contributed by atoms with E-state index in [0.29, 0.717) is 12.0 Å². The van der Waals surface area contributed by atoms with Crippen molar-refractivity contribution in [2.45, 2.75) is 54.0 Å². The first kappa shape index (κ1) is 23.6. The number of hydrogen-bond donors (Lipinski definition) is 2.